The third-order valence-corrected chi connectivity index (χ3v) is 4.26. The second kappa shape index (κ2) is 4.58. The summed E-state index contributed by atoms with van der Waals surface area (Å²) in [5, 5.41) is 0.228. The van der Waals surface area contributed by atoms with E-state index in [9.17, 15) is 4.39 Å². The minimum absolute atomic E-state index is 0.168. The monoisotopic (exact) mass is 255 g/mol. The highest BCUT2D eigenvalue weighted by Crippen LogP contribution is 2.45. The highest BCUT2D eigenvalue weighted by Gasteiger charge is 2.40. The Morgan fingerprint density at radius 2 is 2.06 bits per heavy atom. The van der Waals surface area contributed by atoms with Gasteiger partial charge in [-0.25, -0.2) is 4.39 Å². The molecule has 17 heavy (non-hydrogen) atoms. The average molecular weight is 256 g/mol. The molecule has 2 N–H and O–H groups in total. The first-order chi connectivity index (χ1) is 8.00. The Morgan fingerprint density at radius 3 is 2.47 bits per heavy atom. The molecule has 0 radical (unpaired) electrons. The molecule has 0 spiro atoms. The quantitative estimate of drug-likeness (QED) is 0.869. The molecule has 0 aromatic heterocycles. The van der Waals surface area contributed by atoms with Gasteiger partial charge in [-0.2, -0.15) is 0 Å². The lowest BCUT2D eigenvalue weighted by Gasteiger charge is -2.42. The number of rotatable bonds is 3. The van der Waals surface area contributed by atoms with Crippen LogP contribution in [0.1, 0.15) is 50.2 Å². The normalized spacial score (nSPS) is 18.2. The van der Waals surface area contributed by atoms with Crippen LogP contribution in [0.15, 0.2) is 12.1 Å². The van der Waals surface area contributed by atoms with Crippen LogP contribution in [0.4, 0.5) is 4.39 Å². The van der Waals surface area contributed by atoms with Crippen molar-refractivity contribution in [2.45, 2.75) is 44.4 Å². The molecule has 1 nitrogen and oxygen atoms in total. The summed E-state index contributed by atoms with van der Waals surface area (Å²) in [5.74, 6) is 0.0722. The predicted octanol–water partition coefficient (Wildman–Crippen LogP) is 3.98. The van der Waals surface area contributed by atoms with Gasteiger partial charge >= 0.3 is 0 Å². The number of hydrogen-bond acceptors (Lipinski definition) is 1. The zero-order valence-corrected chi connectivity index (χ0v) is 11.1. The zero-order valence-electron chi connectivity index (χ0n) is 10.4. The third-order valence-electron chi connectivity index (χ3n) is 3.99. The Morgan fingerprint density at radius 1 is 1.41 bits per heavy atom. The summed E-state index contributed by atoms with van der Waals surface area (Å²) in [6, 6.07) is 3.69. The van der Waals surface area contributed by atoms with E-state index >= 15 is 0 Å². The molecule has 0 aliphatic heterocycles. The van der Waals surface area contributed by atoms with E-state index in [1.807, 2.05) is 6.07 Å². The van der Waals surface area contributed by atoms with E-state index in [-0.39, 0.29) is 16.3 Å². The number of halogens is 2. The summed E-state index contributed by atoms with van der Waals surface area (Å²) in [6.07, 6.45) is 3.07. The Labute approximate surface area is 107 Å². The molecule has 2 rings (SSSR count). The van der Waals surface area contributed by atoms with Crippen molar-refractivity contribution in [3.05, 3.63) is 34.1 Å². The predicted molar refractivity (Wildman–Crippen MR) is 70.1 cm³/mol. The molecule has 0 heterocycles. The van der Waals surface area contributed by atoms with Gasteiger partial charge in [-0.05, 0) is 36.0 Å². The number of hydrogen-bond donors (Lipinski definition) is 1. The first-order valence-corrected chi connectivity index (χ1v) is 6.57. The molecule has 3 heteroatoms. The molecule has 1 saturated carbocycles. The Hall–Kier alpha value is -0.600. The van der Waals surface area contributed by atoms with Gasteiger partial charge in [-0.1, -0.05) is 37.9 Å². The lowest BCUT2D eigenvalue weighted by molar-refractivity contribution is 0.244. The summed E-state index contributed by atoms with van der Waals surface area (Å²) >= 11 is 5.99. The van der Waals surface area contributed by atoms with Crippen molar-refractivity contribution in [3.8, 4) is 0 Å². The van der Waals surface area contributed by atoms with Gasteiger partial charge in [0.05, 0.1) is 5.02 Å². The Balaban J connectivity index is 2.52. The fourth-order valence-corrected chi connectivity index (χ4v) is 2.74. The van der Waals surface area contributed by atoms with Gasteiger partial charge in [0.15, 0.2) is 0 Å². The van der Waals surface area contributed by atoms with E-state index in [0.717, 1.165) is 30.4 Å². The molecule has 94 valence electrons. The van der Waals surface area contributed by atoms with Crippen LogP contribution < -0.4 is 5.73 Å². The minimum Gasteiger partial charge on any atom is -0.330 e. The van der Waals surface area contributed by atoms with Crippen LogP contribution in [-0.4, -0.2) is 6.54 Å². The molecule has 1 aliphatic rings. The standard InChI is InChI=1S/C14H19ClFN/c1-9(2)10-6-11(13(16)12(15)7-10)14(8-17)4-3-5-14/h6-7,9H,3-5,8,17H2,1-2H3. The summed E-state index contributed by atoms with van der Waals surface area (Å²) in [6.45, 7) is 4.67. The summed E-state index contributed by atoms with van der Waals surface area (Å²) < 4.78 is 14.2. The second-order valence-corrected chi connectivity index (χ2v) is 5.76. The topological polar surface area (TPSA) is 26.0 Å². The maximum absolute atomic E-state index is 14.2. The van der Waals surface area contributed by atoms with Crippen LogP contribution in [0, 0.1) is 5.82 Å². The van der Waals surface area contributed by atoms with Gasteiger partial charge in [0, 0.05) is 12.0 Å². The molecule has 0 atom stereocenters. The molecule has 0 saturated heterocycles. The van der Waals surface area contributed by atoms with Crippen LogP contribution in [0.2, 0.25) is 5.02 Å². The average Bonchev–Trinajstić information content (AvgIpc) is 2.22. The van der Waals surface area contributed by atoms with Crippen molar-refractivity contribution in [1.82, 2.24) is 0 Å². The van der Waals surface area contributed by atoms with Gasteiger partial charge in [0.2, 0.25) is 0 Å². The summed E-state index contributed by atoms with van der Waals surface area (Å²) in [4.78, 5) is 0. The van der Waals surface area contributed by atoms with E-state index in [2.05, 4.69) is 13.8 Å². The fourth-order valence-electron chi connectivity index (χ4n) is 2.52. The zero-order chi connectivity index (χ0) is 12.6. The second-order valence-electron chi connectivity index (χ2n) is 5.36. The first-order valence-electron chi connectivity index (χ1n) is 6.19. The number of benzene rings is 1. The highest BCUT2D eigenvalue weighted by atomic mass is 35.5. The van der Waals surface area contributed by atoms with Gasteiger partial charge in [0.1, 0.15) is 5.82 Å². The van der Waals surface area contributed by atoms with Crippen LogP contribution in [0.3, 0.4) is 0 Å². The molecule has 0 bridgehead atoms. The van der Waals surface area contributed by atoms with Gasteiger partial charge in [0.25, 0.3) is 0 Å². The van der Waals surface area contributed by atoms with Crippen LogP contribution in [-0.2, 0) is 5.41 Å². The summed E-state index contributed by atoms with van der Waals surface area (Å²) in [5.41, 5.74) is 7.48. The molecule has 1 aromatic rings. The Kier molecular flexibility index (Phi) is 3.46. The third kappa shape index (κ3) is 2.09. The van der Waals surface area contributed by atoms with Gasteiger partial charge in [-0.15, -0.1) is 0 Å². The van der Waals surface area contributed by atoms with Crippen molar-refractivity contribution in [1.29, 1.82) is 0 Å². The molecular formula is C14H19ClFN. The van der Waals surface area contributed by atoms with E-state index in [0.29, 0.717) is 12.5 Å². The smallest absolute Gasteiger partial charge is 0.145 e. The maximum Gasteiger partial charge on any atom is 0.145 e. The highest BCUT2D eigenvalue weighted by molar-refractivity contribution is 6.30. The first kappa shape index (κ1) is 12.8. The molecule has 0 amide bonds. The van der Waals surface area contributed by atoms with Crippen molar-refractivity contribution >= 4 is 11.6 Å². The lowest BCUT2D eigenvalue weighted by Crippen LogP contribution is -2.42. The lowest BCUT2D eigenvalue weighted by atomic mass is 9.64. The summed E-state index contributed by atoms with van der Waals surface area (Å²) in [7, 11) is 0. The molecule has 1 aromatic carbocycles. The van der Waals surface area contributed by atoms with Crippen molar-refractivity contribution in [2.75, 3.05) is 6.54 Å². The van der Waals surface area contributed by atoms with E-state index in [1.54, 1.807) is 6.07 Å². The maximum atomic E-state index is 14.2. The van der Waals surface area contributed by atoms with E-state index < -0.39 is 0 Å². The number of nitrogens with two attached hydrogens (primary N) is 1. The van der Waals surface area contributed by atoms with Gasteiger partial charge in [-0.3, -0.25) is 0 Å². The van der Waals surface area contributed by atoms with Crippen molar-refractivity contribution in [2.24, 2.45) is 5.73 Å². The molecule has 1 fully saturated rings. The van der Waals surface area contributed by atoms with Gasteiger partial charge < -0.3 is 5.73 Å². The van der Waals surface area contributed by atoms with E-state index in [1.165, 1.54) is 0 Å². The van der Waals surface area contributed by atoms with Crippen molar-refractivity contribution < 1.29 is 4.39 Å². The largest absolute Gasteiger partial charge is 0.330 e. The SMILES string of the molecule is CC(C)c1cc(Cl)c(F)c(C2(CN)CCC2)c1. The van der Waals surface area contributed by atoms with Crippen molar-refractivity contribution in [3.63, 3.8) is 0 Å². The van der Waals surface area contributed by atoms with E-state index in [4.69, 9.17) is 17.3 Å². The van der Waals surface area contributed by atoms with Crippen LogP contribution >= 0.6 is 11.6 Å². The Bertz CT molecular complexity index is 419. The van der Waals surface area contributed by atoms with Crippen LogP contribution in [0.5, 0.6) is 0 Å². The molecule has 1 aliphatic carbocycles. The van der Waals surface area contributed by atoms with Crippen LogP contribution in [0.25, 0.3) is 0 Å². The molecular weight excluding hydrogens is 237 g/mol. The minimum atomic E-state index is -0.277. The molecule has 0 unspecified atom stereocenters. The fraction of sp³-hybridized carbons (Fsp3) is 0.571.